The van der Waals surface area contributed by atoms with Gasteiger partial charge in [0.1, 0.15) is 17.7 Å². The molecule has 0 spiro atoms. The van der Waals surface area contributed by atoms with Crippen LogP contribution in [0.25, 0.3) is 0 Å². The zero-order valence-corrected chi connectivity index (χ0v) is 16.0. The van der Waals surface area contributed by atoms with Gasteiger partial charge in [-0.15, -0.1) is 0 Å². The van der Waals surface area contributed by atoms with Gasteiger partial charge < -0.3 is 15.2 Å². The van der Waals surface area contributed by atoms with E-state index in [2.05, 4.69) is 5.32 Å². The van der Waals surface area contributed by atoms with Crippen molar-refractivity contribution in [1.82, 2.24) is 10.2 Å². The zero-order valence-electron chi connectivity index (χ0n) is 16.0. The Bertz CT molecular complexity index is 456. The third-order valence-corrected chi connectivity index (χ3v) is 3.78. The van der Waals surface area contributed by atoms with E-state index in [-0.39, 0.29) is 11.8 Å². The van der Waals surface area contributed by atoms with Gasteiger partial charge in [0, 0.05) is 7.05 Å². The molecule has 0 aromatic heterocycles. The number of nitrogens with one attached hydrogen (secondary N) is 1. The normalized spacial score (nSPS) is 15.4. The number of rotatable bonds is 7. The Balaban J connectivity index is 5.35. The summed E-state index contributed by atoms with van der Waals surface area (Å²) in [5.74, 6) is -2.00. The minimum Gasteiger partial charge on any atom is -0.480 e. The molecule has 140 valence electrons. The molecule has 0 aromatic carbocycles. The standard InChI is InChI=1S/C17H32N2O5/c1-9-11(4)13(19(8)16(23)24-17(5,6)7)14(20)18-12(10(2)3)15(21)22/h10-13H,9H2,1-8H3,(H,18,20)(H,21,22). The van der Waals surface area contributed by atoms with Crippen LogP contribution in [0, 0.1) is 11.8 Å². The maximum atomic E-state index is 12.7. The molecular weight excluding hydrogens is 312 g/mol. The van der Waals surface area contributed by atoms with Crippen molar-refractivity contribution in [3.05, 3.63) is 0 Å². The molecule has 0 saturated carbocycles. The molecule has 0 aromatic rings. The molecule has 7 nitrogen and oxygen atoms in total. The molecule has 0 bridgehead atoms. The van der Waals surface area contributed by atoms with Gasteiger partial charge in [-0.3, -0.25) is 9.69 Å². The van der Waals surface area contributed by atoms with Crippen LogP contribution in [0.1, 0.15) is 54.9 Å². The average molecular weight is 344 g/mol. The fraction of sp³-hybridized carbons (Fsp3) is 0.824. The maximum absolute atomic E-state index is 12.7. The Labute approximate surface area is 144 Å². The van der Waals surface area contributed by atoms with Crippen LogP contribution in [0.2, 0.25) is 0 Å². The van der Waals surface area contributed by atoms with Crippen LogP contribution in [0.5, 0.6) is 0 Å². The number of carbonyl (C=O) groups excluding carboxylic acids is 2. The summed E-state index contributed by atoms with van der Waals surface area (Å²) in [6, 6.07) is -1.80. The second-order valence-electron chi connectivity index (χ2n) is 7.49. The van der Waals surface area contributed by atoms with E-state index >= 15 is 0 Å². The summed E-state index contributed by atoms with van der Waals surface area (Å²) in [6.45, 7) is 12.4. The summed E-state index contributed by atoms with van der Waals surface area (Å²) < 4.78 is 5.32. The van der Waals surface area contributed by atoms with Crippen molar-refractivity contribution in [2.45, 2.75) is 72.6 Å². The number of carbonyl (C=O) groups is 3. The molecule has 0 fully saturated rings. The van der Waals surface area contributed by atoms with Crippen molar-refractivity contribution < 1.29 is 24.2 Å². The second-order valence-corrected chi connectivity index (χ2v) is 7.49. The highest BCUT2D eigenvalue weighted by atomic mass is 16.6. The third kappa shape index (κ3) is 6.76. The molecular formula is C17H32N2O5. The average Bonchev–Trinajstić information content (AvgIpc) is 2.41. The maximum Gasteiger partial charge on any atom is 0.410 e. The summed E-state index contributed by atoms with van der Waals surface area (Å²) in [6.07, 6.45) is 0.0457. The van der Waals surface area contributed by atoms with E-state index < -0.39 is 35.7 Å². The van der Waals surface area contributed by atoms with Crippen LogP contribution in [-0.2, 0) is 14.3 Å². The number of nitrogens with zero attached hydrogens (tertiary/aromatic N) is 1. The molecule has 0 heterocycles. The van der Waals surface area contributed by atoms with Crippen LogP contribution >= 0.6 is 0 Å². The van der Waals surface area contributed by atoms with E-state index in [1.165, 1.54) is 11.9 Å². The number of likely N-dealkylation sites (N-methyl/N-ethyl adjacent to an activating group) is 1. The third-order valence-electron chi connectivity index (χ3n) is 3.78. The fourth-order valence-corrected chi connectivity index (χ4v) is 2.24. The summed E-state index contributed by atoms with van der Waals surface area (Å²) >= 11 is 0. The Hall–Kier alpha value is -1.79. The van der Waals surface area contributed by atoms with Crippen molar-refractivity contribution in [1.29, 1.82) is 0 Å². The molecule has 3 atom stereocenters. The van der Waals surface area contributed by atoms with Gasteiger partial charge in [0.2, 0.25) is 5.91 Å². The van der Waals surface area contributed by atoms with Crippen LogP contribution < -0.4 is 5.32 Å². The first-order valence-electron chi connectivity index (χ1n) is 8.30. The largest absolute Gasteiger partial charge is 0.480 e. The van der Waals surface area contributed by atoms with Crippen LogP contribution in [0.4, 0.5) is 4.79 Å². The molecule has 3 unspecified atom stereocenters. The SMILES string of the molecule is CCC(C)C(C(=O)NC(C(=O)O)C(C)C)N(C)C(=O)OC(C)(C)C. The zero-order chi connectivity index (χ0) is 19.2. The number of carboxylic acids is 1. The van der Waals surface area contributed by atoms with Gasteiger partial charge in [0.15, 0.2) is 0 Å². The van der Waals surface area contributed by atoms with E-state index in [1.54, 1.807) is 34.6 Å². The predicted octanol–water partition coefficient (Wildman–Crippen LogP) is 2.49. The summed E-state index contributed by atoms with van der Waals surface area (Å²) in [5.41, 5.74) is -0.677. The Morgan fingerprint density at radius 3 is 2.00 bits per heavy atom. The first-order valence-corrected chi connectivity index (χ1v) is 8.30. The first-order chi connectivity index (χ1) is 10.8. The van der Waals surface area contributed by atoms with Gasteiger partial charge >= 0.3 is 12.1 Å². The van der Waals surface area contributed by atoms with E-state index in [1.807, 2.05) is 13.8 Å². The van der Waals surface area contributed by atoms with Gasteiger partial charge in [-0.2, -0.15) is 0 Å². The fourth-order valence-electron chi connectivity index (χ4n) is 2.24. The lowest BCUT2D eigenvalue weighted by atomic mass is 9.96. The second kappa shape index (κ2) is 8.89. The minimum atomic E-state index is -1.10. The first kappa shape index (κ1) is 22.2. The van der Waals surface area contributed by atoms with Gasteiger partial charge in [0.05, 0.1) is 0 Å². The number of hydrogen-bond donors (Lipinski definition) is 2. The Morgan fingerprint density at radius 1 is 1.17 bits per heavy atom. The van der Waals surface area contributed by atoms with E-state index in [0.29, 0.717) is 6.42 Å². The van der Waals surface area contributed by atoms with E-state index in [4.69, 9.17) is 4.74 Å². The number of amides is 2. The molecule has 7 heteroatoms. The molecule has 0 aliphatic heterocycles. The molecule has 24 heavy (non-hydrogen) atoms. The summed E-state index contributed by atoms with van der Waals surface area (Å²) in [5, 5.41) is 11.8. The molecule has 0 aliphatic carbocycles. The van der Waals surface area contributed by atoms with Crippen molar-refractivity contribution in [3.63, 3.8) is 0 Å². The van der Waals surface area contributed by atoms with E-state index in [9.17, 15) is 19.5 Å². The van der Waals surface area contributed by atoms with Crippen molar-refractivity contribution in [2.75, 3.05) is 7.05 Å². The highest BCUT2D eigenvalue weighted by molar-refractivity contribution is 5.89. The molecule has 0 saturated heterocycles. The van der Waals surface area contributed by atoms with Gasteiger partial charge in [-0.1, -0.05) is 34.1 Å². The number of carboxylic acid groups (broad SMARTS) is 1. The Morgan fingerprint density at radius 2 is 1.67 bits per heavy atom. The van der Waals surface area contributed by atoms with Crippen LogP contribution in [0.15, 0.2) is 0 Å². The molecule has 0 rings (SSSR count). The molecule has 2 N–H and O–H groups in total. The highest BCUT2D eigenvalue weighted by Crippen LogP contribution is 2.18. The van der Waals surface area contributed by atoms with Crippen LogP contribution in [-0.4, -0.2) is 52.7 Å². The molecule has 0 aliphatic rings. The predicted molar refractivity (Wildman–Crippen MR) is 91.6 cm³/mol. The smallest absolute Gasteiger partial charge is 0.410 e. The van der Waals surface area contributed by atoms with Crippen molar-refractivity contribution in [3.8, 4) is 0 Å². The van der Waals surface area contributed by atoms with Crippen LogP contribution in [0.3, 0.4) is 0 Å². The van der Waals surface area contributed by atoms with Crippen molar-refractivity contribution >= 4 is 18.0 Å². The highest BCUT2D eigenvalue weighted by Gasteiger charge is 2.36. The van der Waals surface area contributed by atoms with E-state index in [0.717, 1.165) is 0 Å². The summed E-state index contributed by atoms with van der Waals surface area (Å²) in [7, 11) is 1.50. The lowest BCUT2D eigenvalue weighted by Crippen LogP contribution is -2.56. The summed E-state index contributed by atoms with van der Waals surface area (Å²) in [4.78, 5) is 37.5. The Kier molecular flexibility index (Phi) is 8.23. The number of aliphatic carboxylic acids is 1. The quantitative estimate of drug-likeness (QED) is 0.740. The topological polar surface area (TPSA) is 95.9 Å². The number of ether oxygens (including phenoxy) is 1. The minimum absolute atomic E-state index is 0.149. The number of hydrogen-bond acceptors (Lipinski definition) is 4. The lowest BCUT2D eigenvalue weighted by molar-refractivity contribution is -0.144. The van der Waals surface area contributed by atoms with Gasteiger partial charge in [-0.25, -0.2) is 9.59 Å². The monoisotopic (exact) mass is 344 g/mol. The van der Waals surface area contributed by atoms with Crippen molar-refractivity contribution in [2.24, 2.45) is 11.8 Å². The van der Waals surface area contributed by atoms with Gasteiger partial charge in [0.25, 0.3) is 0 Å². The molecule has 2 amide bonds. The van der Waals surface area contributed by atoms with Gasteiger partial charge in [-0.05, 0) is 32.6 Å². The lowest BCUT2D eigenvalue weighted by Gasteiger charge is -2.34. The molecule has 0 radical (unpaired) electrons.